The van der Waals surface area contributed by atoms with Gasteiger partial charge < -0.3 is 5.32 Å². The molecule has 1 unspecified atom stereocenters. The fraction of sp³-hybridized carbons (Fsp3) is 0.600. The lowest BCUT2D eigenvalue weighted by atomic mass is 10.00. The number of sulfonamides is 1. The highest BCUT2D eigenvalue weighted by molar-refractivity contribution is 9.10. The quantitative estimate of drug-likeness (QED) is 0.861. The average Bonchev–Trinajstić information content (AvgIpc) is 2.48. The molecule has 0 saturated carbocycles. The molecule has 1 atom stereocenters. The molecule has 0 bridgehead atoms. The number of hydrogen-bond acceptors (Lipinski definition) is 3. The number of hydrogen-bond donors (Lipinski definition) is 1. The topological polar surface area (TPSA) is 49.4 Å². The van der Waals surface area contributed by atoms with Gasteiger partial charge in [-0.3, -0.25) is 0 Å². The Balaban J connectivity index is 2.19. The summed E-state index contributed by atoms with van der Waals surface area (Å²) in [6.07, 6.45) is 2.22. The molecule has 1 aliphatic heterocycles. The molecule has 1 aliphatic rings. The van der Waals surface area contributed by atoms with Gasteiger partial charge in [0.2, 0.25) is 10.0 Å². The van der Waals surface area contributed by atoms with Gasteiger partial charge in [-0.25, -0.2) is 8.42 Å². The second-order valence-electron chi connectivity index (χ2n) is 5.58. The van der Waals surface area contributed by atoms with Crippen LogP contribution in [0.1, 0.15) is 25.3 Å². The smallest absolute Gasteiger partial charge is 0.243 e. The number of aryl methyl sites for hydroxylation is 1. The van der Waals surface area contributed by atoms with Crippen molar-refractivity contribution in [2.24, 2.45) is 5.92 Å². The minimum atomic E-state index is -3.41. The number of benzene rings is 1. The van der Waals surface area contributed by atoms with Crippen molar-refractivity contribution in [1.29, 1.82) is 0 Å². The van der Waals surface area contributed by atoms with E-state index in [1.54, 1.807) is 22.5 Å². The standard InChI is InChI=1S/C15H23BrN2O2S/c1-3-18(11-13-5-4-8-17-10-13)21(19,20)14-6-7-15(16)12(2)9-14/h6-7,9,13,17H,3-5,8,10-11H2,1-2H3. The van der Waals surface area contributed by atoms with Gasteiger partial charge in [0.1, 0.15) is 0 Å². The summed E-state index contributed by atoms with van der Waals surface area (Å²) >= 11 is 3.41. The lowest BCUT2D eigenvalue weighted by Crippen LogP contribution is -2.40. The molecule has 21 heavy (non-hydrogen) atoms. The molecule has 1 N–H and O–H groups in total. The summed E-state index contributed by atoms with van der Waals surface area (Å²) in [6, 6.07) is 5.22. The first-order valence-corrected chi connectivity index (χ1v) is 9.65. The molecule has 2 rings (SSSR count). The van der Waals surface area contributed by atoms with E-state index in [1.165, 1.54) is 0 Å². The van der Waals surface area contributed by atoms with Crippen LogP contribution in [0.2, 0.25) is 0 Å². The van der Waals surface area contributed by atoms with Crippen LogP contribution in [0.5, 0.6) is 0 Å². The maximum Gasteiger partial charge on any atom is 0.243 e. The summed E-state index contributed by atoms with van der Waals surface area (Å²) in [4.78, 5) is 0.383. The van der Waals surface area contributed by atoms with Crippen LogP contribution in [-0.4, -0.2) is 38.9 Å². The lowest BCUT2D eigenvalue weighted by molar-refractivity contribution is 0.298. The molecular formula is C15H23BrN2O2S. The predicted molar refractivity (Wildman–Crippen MR) is 88.9 cm³/mol. The van der Waals surface area contributed by atoms with Gasteiger partial charge in [0.15, 0.2) is 0 Å². The highest BCUT2D eigenvalue weighted by atomic mass is 79.9. The Morgan fingerprint density at radius 1 is 1.43 bits per heavy atom. The highest BCUT2D eigenvalue weighted by Crippen LogP contribution is 2.24. The lowest BCUT2D eigenvalue weighted by Gasteiger charge is -2.29. The zero-order chi connectivity index (χ0) is 15.5. The van der Waals surface area contributed by atoms with Crippen LogP contribution in [0.25, 0.3) is 0 Å². The minimum Gasteiger partial charge on any atom is -0.316 e. The minimum absolute atomic E-state index is 0.383. The van der Waals surface area contributed by atoms with Crippen molar-refractivity contribution in [3.8, 4) is 0 Å². The zero-order valence-corrected chi connectivity index (χ0v) is 15.0. The molecule has 1 aromatic carbocycles. The van der Waals surface area contributed by atoms with E-state index in [0.29, 0.717) is 23.9 Å². The number of rotatable bonds is 5. The third-order valence-electron chi connectivity index (χ3n) is 3.98. The fourth-order valence-electron chi connectivity index (χ4n) is 2.69. The van der Waals surface area contributed by atoms with Gasteiger partial charge in [0, 0.05) is 17.6 Å². The maximum absolute atomic E-state index is 12.8. The van der Waals surface area contributed by atoms with E-state index in [1.807, 2.05) is 13.8 Å². The monoisotopic (exact) mass is 374 g/mol. The molecule has 4 nitrogen and oxygen atoms in total. The van der Waals surface area contributed by atoms with Gasteiger partial charge in [0.25, 0.3) is 0 Å². The van der Waals surface area contributed by atoms with Gasteiger partial charge in [-0.15, -0.1) is 0 Å². The van der Waals surface area contributed by atoms with E-state index in [-0.39, 0.29) is 0 Å². The van der Waals surface area contributed by atoms with E-state index in [2.05, 4.69) is 21.2 Å². The summed E-state index contributed by atoms with van der Waals surface area (Å²) < 4.78 is 28.1. The number of nitrogens with zero attached hydrogens (tertiary/aromatic N) is 1. The van der Waals surface area contributed by atoms with Crippen molar-refractivity contribution in [2.45, 2.75) is 31.6 Å². The normalized spacial score (nSPS) is 19.9. The van der Waals surface area contributed by atoms with Crippen molar-refractivity contribution in [3.05, 3.63) is 28.2 Å². The molecule has 1 heterocycles. The van der Waals surface area contributed by atoms with Crippen LogP contribution < -0.4 is 5.32 Å². The molecule has 0 spiro atoms. The summed E-state index contributed by atoms with van der Waals surface area (Å²) in [5, 5.41) is 3.34. The van der Waals surface area contributed by atoms with Crippen molar-refractivity contribution in [1.82, 2.24) is 9.62 Å². The van der Waals surface area contributed by atoms with Crippen molar-refractivity contribution >= 4 is 26.0 Å². The van der Waals surface area contributed by atoms with Crippen molar-refractivity contribution < 1.29 is 8.42 Å². The zero-order valence-electron chi connectivity index (χ0n) is 12.6. The molecule has 0 radical (unpaired) electrons. The SMILES string of the molecule is CCN(CC1CCCNC1)S(=O)(=O)c1ccc(Br)c(C)c1. The Hall–Kier alpha value is -0.430. The van der Waals surface area contributed by atoms with E-state index < -0.39 is 10.0 Å². The van der Waals surface area contributed by atoms with Crippen LogP contribution >= 0.6 is 15.9 Å². The van der Waals surface area contributed by atoms with Crippen LogP contribution in [0, 0.1) is 12.8 Å². The Kier molecular flexibility index (Phi) is 5.82. The molecule has 1 saturated heterocycles. The number of halogens is 1. The van der Waals surface area contributed by atoms with Crippen LogP contribution in [0.4, 0.5) is 0 Å². The molecule has 1 fully saturated rings. The molecule has 1 aromatic rings. The second-order valence-corrected chi connectivity index (χ2v) is 8.37. The average molecular weight is 375 g/mol. The molecule has 0 aliphatic carbocycles. The largest absolute Gasteiger partial charge is 0.316 e. The maximum atomic E-state index is 12.8. The Morgan fingerprint density at radius 3 is 2.76 bits per heavy atom. The third kappa shape index (κ3) is 4.06. The Morgan fingerprint density at radius 2 is 2.19 bits per heavy atom. The molecular weight excluding hydrogens is 352 g/mol. The van der Waals surface area contributed by atoms with Crippen LogP contribution in [-0.2, 0) is 10.0 Å². The first kappa shape index (κ1) is 16.9. The van der Waals surface area contributed by atoms with Crippen LogP contribution in [0.15, 0.2) is 27.6 Å². The Labute approximate surface area is 136 Å². The first-order valence-electron chi connectivity index (χ1n) is 7.42. The number of nitrogens with one attached hydrogen (secondary N) is 1. The predicted octanol–water partition coefficient (Wildman–Crippen LogP) is 2.77. The highest BCUT2D eigenvalue weighted by Gasteiger charge is 2.26. The van der Waals surface area contributed by atoms with Gasteiger partial charge in [0.05, 0.1) is 4.90 Å². The van der Waals surface area contributed by atoms with E-state index in [0.717, 1.165) is 36.0 Å². The molecule has 118 valence electrons. The van der Waals surface area contributed by atoms with Gasteiger partial charge in [-0.05, 0) is 62.5 Å². The first-order chi connectivity index (χ1) is 9.95. The second kappa shape index (κ2) is 7.22. The van der Waals surface area contributed by atoms with Crippen molar-refractivity contribution in [3.63, 3.8) is 0 Å². The van der Waals surface area contributed by atoms with E-state index in [9.17, 15) is 8.42 Å². The third-order valence-corrected chi connectivity index (χ3v) is 6.81. The summed E-state index contributed by atoms with van der Waals surface area (Å²) in [5.41, 5.74) is 0.937. The van der Waals surface area contributed by atoms with Crippen LogP contribution in [0.3, 0.4) is 0 Å². The van der Waals surface area contributed by atoms with E-state index >= 15 is 0 Å². The summed E-state index contributed by atoms with van der Waals surface area (Å²) in [7, 11) is -3.41. The van der Waals surface area contributed by atoms with Gasteiger partial charge >= 0.3 is 0 Å². The molecule has 0 amide bonds. The van der Waals surface area contributed by atoms with Crippen molar-refractivity contribution in [2.75, 3.05) is 26.2 Å². The number of piperidine rings is 1. The fourth-order valence-corrected chi connectivity index (χ4v) is 4.55. The molecule has 6 heteroatoms. The summed E-state index contributed by atoms with van der Waals surface area (Å²) in [6.45, 7) is 6.87. The summed E-state index contributed by atoms with van der Waals surface area (Å²) in [5.74, 6) is 0.407. The van der Waals surface area contributed by atoms with E-state index in [4.69, 9.17) is 0 Å². The van der Waals surface area contributed by atoms with Gasteiger partial charge in [-0.1, -0.05) is 22.9 Å². The van der Waals surface area contributed by atoms with Gasteiger partial charge in [-0.2, -0.15) is 4.31 Å². The molecule has 0 aromatic heterocycles. The Bertz CT molecular complexity index is 583.